The normalized spacial score (nSPS) is 22.4. The standard InChI is InChI=1S/C15H30N2O/c1-14(2,3)12(16)11-13(18)17-9-6-7-15(4,5)8-10-17/h12H,6-11,16H2,1-5H3. The summed E-state index contributed by atoms with van der Waals surface area (Å²) in [5.74, 6) is 0.232. The summed E-state index contributed by atoms with van der Waals surface area (Å²) in [7, 11) is 0. The van der Waals surface area contributed by atoms with Gasteiger partial charge in [-0.2, -0.15) is 0 Å². The smallest absolute Gasteiger partial charge is 0.224 e. The number of hydrogen-bond acceptors (Lipinski definition) is 2. The SMILES string of the molecule is CC1(C)CCCN(C(=O)CC(N)C(C)(C)C)CC1. The Labute approximate surface area is 112 Å². The van der Waals surface area contributed by atoms with Crippen LogP contribution in [0.4, 0.5) is 0 Å². The van der Waals surface area contributed by atoms with Gasteiger partial charge in [0.15, 0.2) is 0 Å². The van der Waals surface area contributed by atoms with E-state index in [2.05, 4.69) is 34.6 Å². The molecule has 1 amide bonds. The lowest BCUT2D eigenvalue weighted by molar-refractivity contribution is -0.132. The van der Waals surface area contributed by atoms with Crippen LogP contribution in [0.5, 0.6) is 0 Å². The summed E-state index contributed by atoms with van der Waals surface area (Å²) >= 11 is 0. The zero-order chi connectivity index (χ0) is 14.0. The summed E-state index contributed by atoms with van der Waals surface area (Å²) in [4.78, 5) is 14.3. The highest BCUT2D eigenvalue weighted by Gasteiger charge is 2.28. The highest BCUT2D eigenvalue weighted by molar-refractivity contribution is 5.77. The molecule has 0 aromatic heterocycles. The number of nitrogens with two attached hydrogens (primary N) is 1. The fourth-order valence-corrected chi connectivity index (χ4v) is 2.30. The molecule has 0 aromatic carbocycles. The molecule has 1 unspecified atom stereocenters. The zero-order valence-electron chi connectivity index (χ0n) is 12.8. The molecule has 1 fully saturated rings. The molecule has 1 aliphatic heterocycles. The highest BCUT2D eigenvalue weighted by atomic mass is 16.2. The Balaban J connectivity index is 2.52. The van der Waals surface area contributed by atoms with E-state index in [0.717, 1.165) is 25.9 Å². The van der Waals surface area contributed by atoms with Crippen molar-refractivity contribution in [1.29, 1.82) is 0 Å². The minimum Gasteiger partial charge on any atom is -0.343 e. The molecule has 0 aliphatic carbocycles. The monoisotopic (exact) mass is 254 g/mol. The van der Waals surface area contributed by atoms with Gasteiger partial charge >= 0.3 is 0 Å². The summed E-state index contributed by atoms with van der Waals surface area (Å²) in [6.07, 6.45) is 3.90. The van der Waals surface area contributed by atoms with Gasteiger partial charge < -0.3 is 10.6 Å². The molecule has 0 bridgehead atoms. The number of carbonyl (C=O) groups is 1. The predicted molar refractivity (Wildman–Crippen MR) is 76.3 cm³/mol. The average Bonchev–Trinajstić information content (AvgIpc) is 2.37. The van der Waals surface area contributed by atoms with Crippen LogP contribution in [0.1, 0.15) is 60.3 Å². The first-order chi connectivity index (χ1) is 8.12. The third kappa shape index (κ3) is 4.60. The van der Waals surface area contributed by atoms with Gasteiger partial charge in [-0.05, 0) is 30.1 Å². The fraction of sp³-hybridized carbons (Fsp3) is 0.933. The Hall–Kier alpha value is -0.570. The molecule has 1 rings (SSSR count). The molecule has 18 heavy (non-hydrogen) atoms. The summed E-state index contributed by atoms with van der Waals surface area (Å²) in [5.41, 5.74) is 6.48. The minimum atomic E-state index is -0.0544. The van der Waals surface area contributed by atoms with E-state index in [9.17, 15) is 4.79 Å². The van der Waals surface area contributed by atoms with Gasteiger partial charge in [0, 0.05) is 25.6 Å². The van der Waals surface area contributed by atoms with Gasteiger partial charge in [-0.3, -0.25) is 4.79 Å². The van der Waals surface area contributed by atoms with Crippen molar-refractivity contribution in [3.05, 3.63) is 0 Å². The quantitative estimate of drug-likeness (QED) is 0.823. The van der Waals surface area contributed by atoms with Crippen LogP contribution in [0.15, 0.2) is 0 Å². The Morgan fingerprint density at radius 3 is 2.44 bits per heavy atom. The third-order valence-electron chi connectivity index (χ3n) is 4.20. The summed E-state index contributed by atoms with van der Waals surface area (Å²) < 4.78 is 0. The summed E-state index contributed by atoms with van der Waals surface area (Å²) in [6.45, 7) is 12.7. The van der Waals surface area contributed by atoms with Crippen molar-refractivity contribution < 1.29 is 4.79 Å². The predicted octanol–water partition coefficient (Wildman–Crippen LogP) is 2.79. The van der Waals surface area contributed by atoms with Crippen LogP contribution >= 0.6 is 0 Å². The van der Waals surface area contributed by atoms with Crippen LogP contribution in [0.2, 0.25) is 0 Å². The van der Waals surface area contributed by atoms with E-state index in [1.807, 2.05) is 4.90 Å². The molecule has 0 saturated carbocycles. The topological polar surface area (TPSA) is 46.3 Å². The van der Waals surface area contributed by atoms with Crippen molar-refractivity contribution in [3.63, 3.8) is 0 Å². The van der Waals surface area contributed by atoms with Crippen molar-refractivity contribution in [1.82, 2.24) is 4.90 Å². The molecule has 106 valence electrons. The van der Waals surface area contributed by atoms with Crippen LogP contribution in [0.3, 0.4) is 0 Å². The van der Waals surface area contributed by atoms with Crippen molar-refractivity contribution >= 4 is 5.91 Å². The second-order valence-corrected chi connectivity index (χ2v) is 7.58. The second kappa shape index (κ2) is 5.60. The maximum Gasteiger partial charge on any atom is 0.224 e. The molecule has 0 spiro atoms. The van der Waals surface area contributed by atoms with E-state index in [1.54, 1.807) is 0 Å². The van der Waals surface area contributed by atoms with Crippen LogP contribution in [-0.4, -0.2) is 29.9 Å². The molecular weight excluding hydrogens is 224 g/mol. The molecule has 1 atom stereocenters. The van der Waals surface area contributed by atoms with Crippen LogP contribution in [0.25, 0.3) is 0 Å². The number of amides is 1. The average molecular weight is 254 g/mol. The fourth-order valence-electron chi connectivity index (χ4n) is 2.30. The Bertz CT molecular complexity index is 291. The molecule has 3 heteroatoms. The number of hydrogen-bond donors (Lipinski definition) is 1. The Morgan fingerprint density at radius 1 is 1.28 bits per heavy atom. The lowest BCUT2D eigenvalue weighted by Gasteiger charge is -2.29. The van der Waals surface area contributed by atoms with Gasteiger partial charge in [0.1, 0.15) is 0 Å². The Morgan fingerprint density at radius 2 is 1.89 bits per heavy atom. The molecule has 0 radical (unpaired) electrons. The maximum atomic E-state index is 12.3. The number of likely N-dealkylation sites (tertiary alicyclic amines) is 1. The van der Waals surface area contributed by atoms with E-state index in [1.165, 1.54) is 6.42 Å². The molecular formula is C15H30N2O. The van der Waals surface area contributed by atoms with E-state index in [0.29, 0.717) is 11.8 Å². The van der Waals surface area contributed by atoms with Crippen molar-refractivity contribution in [2.75, 3.05) is 13.1 Å². The van der Waals surface area contributed by atoms with Crippen LogP contribution in [-0.2, 0) is 4.79 Å². The number of rotatable bonds is 2. The van der Waals surface area contributed by atoms with Gasteiger partial charge in [0.25, 0.3) is 0 Å². The van der Waals surface area contributed by atoms with Crippen molar-refractivity contribution in [3.8, 4) is 0 Å². The highest BCUT2D eigenvalue weighted by Crippen LogP contribution is 2.30. The molecule has 1 aliphatic rings. The first kappa shape index (κ1) is 15.5. The van der Waals surface area contributed by atoms with Crippen LogP contribution < -0.4 is 5.73 Å². The Kier molecular flexibility index (Phi) is 4.82. The number of nitrogens with zero attached hydrogens (tertiary/aromatic N) is 1. The largest absolute Gasteiger partial charge is 0.343 e. The van der Waals surface area contributed by atoms with E-state index in [4.69, 9.17) is 5.73 Å². The summed E-state index contributed by atoms with van der Waals surface area (Å²) in [6, 6.07) is -0.0544. The molecule has 3 nitrogen and oxygen atoms in total. The lowest BCUT2D eigenvalue weighted by atomic mass is 9.85. The maximum absolute atomic E-state index is 12.3. The molecule has 0 aromatic rings. The van der Waals surface area contributed by atoms with Gasteiger partial charge in [0.05, 0.1) is 0 Å². The molecule has 1 saturated heterocycles. The lowest BCUT2D eigenvalue weighted by Crippen LogP contribution is -2.42. The zero-order valence-corrected chi connectivity index (χ0v) is 12.8. The van der Waals surface area contributed by atoms with Gasteiger partial charge in [-0.15, -0.1) is 0 Å². The first-order valence-corrected chi connectivity index (χ1v) is 7.15. The van der Waals surface area contributed by atoms with E-state index < -0.39 is 0 Å². The minimum absolute atomic E-state index is 0.000774. The third-order valence-corrected chi connectivity index (χ3v) is 4.20. The van der Waals surface area contributed by atoms with E-state index >= 15 is 0 Å². The number of carbonyl (C=O) groups excluding carboxylic acids is 1. The second-order valence-electron chi connectivity index (χ2n) is 7.58. The van der Waals surface area contributed by atoms with Crippen molar-refractivity contribution in [2.45, 2.75) is 66.3 Å². The molecule has 1 heterocycles. The van der Waals surface area contributed by atoms with E-state index in [-0.39, 0.29) is 17.4 Å². The van der Waals surface area contributed by atoms with Crippen LogP contribution in [0, 0.1) is 10.8 Å². The van der Waals surface area contributed by atoms with Gasteiger partial charge in [0.2, 0.25) is 5.91 Å². The van der Waals surface area contributed by atoms with Gasteiger partial charge in [-0.25, -0.2) is 0 Å². The first-order valence-electron chi connectivity index (χ1n) is 7.15. The van der Waals surface area contributed by atoms with Gasteiger partial charge in [-0.1, -0.05) is 34.6 Å². The summed E-state index contributed by atoms with van der Waals surface area (Å²) in [5, 5.41) is 0. The van der Waals surface area contributed by atoms with Crippen molar-refractivity contribution in [2.24, 2.45) is 16.6 Å². The molecule has 2 N–H and O–H groups in total.